The number of aromatic amines is 1. The monoisotopic (exact) mass is 259 g/mol. The normalized spacial score (nSPS) is 10.7. The molecule has 7 heteroatoms. The SMILES string of the molecule is Nc1nc(C(=O)Nc2ccc3cn[nH]c3c2)cs1. The van der Waals surface area contributed by atoms with Gasteiger partial charge in [-0.25, -0.2) is 4.98 Å². The van der Waals surface area contributed by atoms with Gasteiger partial charge in [0.2, 0.25) is 0 Å². The molecule has 2 heterocycles. The standard InChI is InChI=1S/C11H9N5OS/c12-11-15-9(5-18-11)10(17)14-7-2-1-6-4-13-16-8(6)3-7/h1-5H,(H2,12,15)(H,13,16)(H,14,17). The van der Waals surface area contributed by atoms with E-state index in [1.807, 2.05) is 18.2 Å². The number of aromatic nitrogens is 3. The van der Waals surface area contributed by atoms with Gasteiger partial charge in [0.15, 0.2) is 5.13 Å². The Kier molecular flexibility index (Phi) is 2.45. The number of amides is 1. The van der Waals surface area contributed by atoms with Crippen molar-refractivity contribution in [3.8, 4) is 0 Å². The smallest absolute Gasteiger partial charge is 0.275 e. The van der Waals surface area contributed by atoms with Crippen molar-refractivity contribution in [1.29, 1.82) is 0 Å². The highest BCUT2D eigenvalue weighted by Gasteiger charge is 2.10. The molecule has 0 aliphatic rings. The van der Waals surface area contributed by atoms with Gasteiger partial charge in [-0.1, -0.05) is 0 Å². The molecule has 3 aromatic rings. The van der Waals surface area contributed by atoms with Gasteiger partial charge in [-0.15, -0.1) is 11.3 Å². The van der Waals surface area contributed by atoms with E-state index in [2.05, 4.69) is 20.5 Å². The Morgan fingerprint density at radius 2 is 2.33 bits per heavy atom. The van der Waals surface area contributed by atoms with Crippen LogP contribution >= 0.6 is 11.3 Å². The summed E-state index contributed by atoms with van der Waals surface area (Å²) in [4.78, 5) is 15.8. The number of hydrogen-bond acceptors (Lipinski definition) is 5. The number of carbonyl (C=O) groups excluding carboxylic acids is 1. The molecule has 0 bridgehead atoms. The molecule has 90 valence electrons. The topological polar surface area (TPSA) is 96.7 Å². The van der Waals surface area contributed by atoms with E-state index >= 15 is 0 Å². The number of nitrogens with one attached hydrogen (secondary N) is 2. The molecule has 2 aromatic heterocycles. The number of anilines is 2. The number of hydrogen-bond donors (Lipinski definition) is 3. The predicted octanol–water partition coefficient (Wildman–Crippen LogP) is 1.85. The molecule has 0 saturated heterocycles. The lowest BCUT2D eigenvalue weighted by Gasteiger charge is -2.02. The van der Waals surface area contributed by atoms with E-state index in [4.69, 9.17) is 5.73 Å². The molecule has 0 atom stereocenters. The van der Waals surface area contributed by atoms with Crippen molar-refractivity contribution in [2.45, 2.75) is 0 Å². The van der Waals surface area contributed by atoms with Crippen LogP contribution < -0.4 is 11.1 Å². The molecular weight excluding hydrogens is 250 g/mol. The molecule has 0 aliphatic carbocycles. The van der Waals surface area contributed by atoms with Gasteiger partial charge in [-0.05, 0) is 18.2 Å². The van der Waals surface area contributed by atoms with Crippen molar-refractivity contribution in [2.24, 2.45) is 0 Å². The second-order valence-electron chi connectivity index (χ2n) is 3.70. The van der Waals surface area contributed by atoms with Gasteiger partial charge >= 0.3 is 0 Å². The zero-order valence-corrected chi connectivity index (χ0v) is 9.99. The van der Waals surface area contributed by atoms with Crippen LogP contribution in [0.25, 0.3) is 10.9 Å². The van der Waals surface area contributed by atoms with Gasteiger partial charge in [0.1, 0.15) is 5.69 Å². The number of nitrogen functional groups attached to an aromatic ring is 1. The zero-order valence-electron chi connectivity index (χ0n) is 9.18. The highest BCUT2D eigenvalue weighted by Crippen LogP contribution is 2.18. The summed E-state index contributed by atoms with van der Waals surface area (Å²) in [7, 11) is 0. The van der Waals surface area contributed by atoms with Crippen LogP contribution in [0.1, 0.15) is 10.5 Å². The molecular formula is C11H9N5OS. The second kappa shape index (κ2) is 4.11. The Labute approximate surface area is 106 Å². The van der Waals surface area contributed by atoms with E-state index < -0.39 is 0 Å². The maximum Gasteiger partial charge on any atom is 0.275 e. The Morgan fingerprint density at radius 3 is 3.11 bits per heavy atom. The molecule has 6 nitrogen and oxygen atoms in total. The summed E-state index contributed by atoms with van der Waals surface area (Å²) in [6.07, 6.45) is 1.72. The van der Waals surface area contributed by atoms with E-state index in [9.17, 15) is 4.79 Å². The minimum absolute atomic E-state index is 0.276. The van der Waals surface area contributed by atoms with Crippen LogP contribution in [-0.2, 0) is 0 Å². The van der Waals surface area contributed by atoms with Crippen molar-refractivity contribution in [3.63, 3.8) is 0 Å². The molecule has 3 rings (SSSR count). The molecule has 0 spiro atoms. The lowest BCUT2D eigenvalue weighted by Crippen LogP contribution is -2.12. The number of nitrogens with zero attached hydrogens (tertiary/aromatic N) is 2. The molecule has 0 unspecified atom stereocenters. The molecule has 0 fully saturated rings. The van der Waals surface area contributed by atoms with Crippen LogP contribution in [0, 0.1) is 0 Å². The maximum atomic E-state index is 11.9. The molecule has 4 N–H and O–H groups in total. The number of fused-ring (bicyclic) bond motifs is 1. The largest absolute Gasteiger partial charge is 0.375 e. The van der Waals surface area contributed by atoms with Crippen molar-refractivity contribution < 1.29 is 4.79 Å². The third kappa shape index (κ3) is 1.91. The number of thiazole rings is 1. The van der Waals surface area contributed by atoms with Gasteiger partial charge < -0.3 is 11.1 Å². The van der Waals surface area contributed by atoms with Crippen molar-refractivity contribution >= 4 is 39.0 Å². The summed E-state index contributed by atoms with van der Waals surface area (Å²) in [5, 5.41) is 12.5. The lowest BCUT2D eigenvalue weighted by molar-refractivity contribution is 0.102. The van der Waals surface area contributed by atoms with Gasteiger partial charge in [0, 0.05) is 16.5 Å². The van der Waals surface area contributed by atoms with Crippen molar-refractivity contribution in [2.75, 3.05) is 11.1 Å². The molecule has 1 amide bonds. The first-order valence-corrected chi connectivity index (χ1v) is 6.06. The van der Waals surface area contributed by atoms with E-state index in [1.165, 1.54) is 11.3 Å². The highest BCUT2D eigenvalue weighted by atomic mass is 32.1. The van der Waals surface area contributed by atoms with Crippen molar-refractivity contribution in [3.05, 3.63) is 35.5 Å². The number of nitrogens with two attached hydrogens (primary N) is 1. The molecule has 1 aromatic carbocycles. The summed E-state index contributed by atoms with van der Waals surface area (Å²) < 4.78 is 0. The summed E-state index contributed by atoms with van der Waals surface area (Å²) in [6, 6.07) is 5.51. The first-order chi connectivity index (χ1) is 8.72. The summed E-state index contributed by atoms with van der Waals surface area (Å²) >= 11 is 1.24. The average molecular weight is 259 g/mol. The highest BCUT2D eigenvalue weighted by molar-refractivity contribution is 7.13. The Balaban J connectivity index is 1.85. The fourth-order valence-corrected chi connectivity index (χ4v) is 2.14. The lowest BCUT2D eigenvalue weighted by atomic mass is 10.2. The number of benzene rings is 1. The fourth-order valence-electron chi connectivity index (χ4n) is 1.60. The number of carbonyl (C=O) groups is 1. The zero-order chi connectivity index (χ0) is 12.5. The van der Waals surface area contributed by atoms with E-state index in [0.717, 1.165) is 10.9 Å². The quantitative estimate of drug-likeness (QED) is 0.654. The first-order valence-electron chi connectivity index (χ1n) is 5.18. The van der Waals surface area contributed by atoms with Gasteiger partial charge in [-0.2, -0.15) is 5.10 Å². The first kappa shape index (κ1) is 10.7. The molecule has 0 aliphatic heterocycles. The van der Waals surface area contributed by atoms with E-state index in [0.29, 0.717) is 16.5 Å². The van der Waals surface area contributed by atoms with Gasteiger partial charge in [-0.3, -0.25) is 9.89 Å². The maximum absolute atomic E-state index is 11.9. The van der Waals surface area contributed by atoms with Gasteiger partial charge in [0.25, 0.3) is 5.91 Å². The Morgan fingerprint density at radius 1 is 1.44 bits per heavy atom. The van der Waals surface area contributed by atoms with E-state index in [-0.39, 0.29) is 5.91 Å². The predicted molar refractivity (Wildman–Crippen MR) is 70.6 cm³/mol. The van der Waals surface area contributed by atoms with Crippen LogP contribution in [0.3, 0.4) is 0 Å². The second-order valence-corrected chi connectivity index (χ2v) is 4.59. The summed E-state index contributed by atoms with van der Waals surface area (Å²) in [5.41, 5.74) is 7.36. The summed E-state index contributed by atoms with van der Waals surface area (Å²) in [6.45, 7) is 0. The fraction of sp³-hybridized carbons (Fsp3) is 0. The van der Waals surface area contributed by atoms with Crippen LogP contribution in [0.2, 0.25) is 0 Å². The number of H-pyrrole nitrogens is 1. The summed E-state index contributed by atoms with van der Waals surface area (Å²) in [5.74, 6) is -0.276. The third-order valence-electron chi connectivity index (χ3n) is 2.45. The van der Waals surface area contributed by atoms with Crippen LogP contribution in [-0.4, -0.2) is 21.1 Å². The molecule has 0 radical (unpaired) electrons. The Hall–Kier alpha value is -2.41. The van der Waals surface area contributed by atoms with Crippen molar-refractivity contribution in [1.82, 2.24) is 15.2 Å². The van der Waals surface area contributed by atoms with Crippen LogP contribution in [0.5, 0.6) is 0 Å². The average Bonchev–Trinajstić information content (AvgIpc) is 2.96. The number of rotatable bonds is 2. The van der Waals surface area contributed by atoms with E-state index in [1.54, 1.807) is 11.6 Å². The minimum Gasteiger partial charge on any atom is -0.375 e. The van der Waals surface area contributed by atoms with Gasteiger partial charge in [0.05, 0.1) is 11.7 Å². The third-order valence-corrected chi connectivity index (χ3v) is 3.13. The molecule has 18 heavy (non-hydrogen) atoms. The van der Waals surface area contributed by atoms with Crippen LogP contribution in [0.4, 0.5) is 10.8 Å². The minimum atomic E-state index is -0.276. The Bertz CT molecular complexity index is 717. The van der Waals surface area contributed by atoms with Crippen LogP contribution in [0.15, 0.2) is 29.8 Å². The molecule has 0 saturated carbocycles.